The zero-order valence-electron chi connectivity index (χ0n) is 15.9. The molecular formula is C21H25N5OS. The predicted octanol–water partition coefficient (Wildman–Crippen LogP) is 3.21. The van der Waals surface area contributed by atoms with Gasteiger partial charge < -0.3 is 15.0 Å². The highest BCUT2D eigenvalue weighted by Crippen LogP contribution is 2.28. The second kappa shape index (κ2) is 8.03. The maximum atomic E-state index is 5.44. The van der Waals surface area contributed by atoms with Gasteiger partial charge in [-0.1, -0.05) is 18.2 Å². The van der Waals surface area contributed by atoms with Crippen molar-refractivity contribution in [2.45, 2.75) is 19.0 Å². The van der Waals surface area contributed by atoms with E-state index in [2.05, 4.69) is 49.7 Å². The zero-order valence-corrected chi connectivity index (χ0v) is 16.7. The summed E-state index contributed by atoms with van der Waals surface area (Å²) in [6.45, 7) is 6.45. The van der Waals surface area contributed by atoms with Crippen molar-refractivity contribution in [3.8, 4) is 0 Å². The van der Waals surface area contributed by atoms with Crippen LogP contribution in [0.15, 0.2) is 41.9 Å². The first-order valence-corrected chi connectivity index (χ1v) is 10.8. The predicted molar refractivity (Wildman–Crippen MR) is 114 cm³/mol. The molecular weight excluding hydrogens is 370 g/mol. The minimum Gasteiger partial charge on any atom is -0.378 e. The molecule has 0 bridgehead atoms. The van der Waals surface area contributed by atoms with Crippen LogP contribution in [0.2, 0.25) is 0 Å². The number of aromatic nitrogens is 2. The van der Waals surface area contributed by atoms with Crippen molar-refractivity contribution in [3.63, 3.8) is 0 Å². The normalized spacial score (nSPS) is 20.7. The number of thiophene rings is 1. The number of anilines is 2. The zero-order chi connectivity index (χ0) is 18.8. The van der Waals surface area contributed by atoms with E-state index in [-0.39, 0.29) is 0 Å². The summed E-state index contributed by atoms with van der Waals surface area (Å²) in [6.07, 6.45) is 2.97. The summed E-state index contributed by atoms with van der Waals surface area (Å²) in [7, 11) is 0. The average Bonchev–Trinajstić information content (AvgIpc) is 3.36. The first kappa shape index (κ1) is 17.8. The van der Waals surface area contributed by atoms with Crippen molar-refractivity contribution in [1.82, 2.24) is 14.9 Å². The molecule has 2 fully saturated rings. The van der Waals surface area contributed by atoms with Crippen LogP contribution in [0, 0.1) is 0 Å². The molecule has 1 aromatic carbocycles. The lowest BCUT2D eigenvalue weighted by Crippen LogP contribution is -2.37. The van der Waals surface area contributed by atoms with E-state index < -0.39 is 0 Å². The lowest BCUT2D eigenvalue weighted by Gasteiger charge is -2.28. The minimum atomic E-state index is 0.393. The molecule has 0 amide bonds. The van der Waals surface area contributed by atoms with Gasteiger partial charge in [-0.3, -0.25) is 4.90 Å². The van der Waals surface area contributed by atoms with Gasteiger partial charge in [0.1, 0.15) is 5.82 Å². The van der Waals surface area contributed by atoms with Crippen LogP contribution in [0.1, 0.15) is 12.0 Å². The molecule has 0 spiro atoms. The number of fused-ring (bicyclic) bond motifs is 1. The molecule has 1 N–H and O–H groups in total. The summed E-state index contributed by atoms with van der Waals surface area (Å²) < 4.78 is 6.81. The van der Waals surface area contributed by atoms with E-state index in [0.717, 1.165) is 64.1 Å². The SMILES string of the molecule is c1ccc2c(CN3CCC(Nc4nccc(N5CCOCC5)n4)C3)csc2c1. The number of nitrogens with zero attached hydrogens (tertiary/aromatic N) is 4. The Balaban J connectivity index is 1.21. The standard InChI is InChI=1S/C21H25N5OS/c1-2-4-19-18(3-1)16(15-28-19)13-25-8-6-17(14-25)23-21-22-7-5-20(24-21)26-9-11-27-12-10-26/h1-5,7,15,17H,6,8-14H2,(H,22,23,24). The first-order valence-electron chi connectivity index (χ1n) is 9.95. The maximum Gasteiger partial charge on any atom is 0.224 e. The molecule has 4 heterocycles. The molecule has 1 unspecified atom stereocenters. The second-order valence-electron chi connectivity index (χ2n) is 7.46. The molecule has 6 nitrogen and oxygen atoms in total. The minimum absolute atomic E-state index is 0.393. The Morgan fingerprint density at radius 2 is 2.04 bits per heavy atom. The van der Waals surface area contributed by atoms with Crippen LogP contribution < -0.4 is 10.2 Å². The Morgan fingerprint density at radius 3 is 2.96 bits per heavy atom. The number of nitrogens with one attached hydrogen (secondary N) is 1. The molecule has 2 aromatic heterocycles. The summed E-state index contributed by atoms with van der Waals surface area (Å²) in [5, 5.41) is 7.25. The number of rotatable bonds is 5. The molecule has 3 aromatic rings. The van der Waals surface area contributed by atoms with Crippen LogP contribution in [0.4, 0.5) is 11.8 Å². The van der Waals surface area contributed by atoms with Crippen LogP contribution >= 0.6 is 11.3 Å². The lowest BCUT2D eigenvalue weighted by molar-refractivity contribution is 0.122. The molecule has 2 saturated heterocycles. The van der Waals surface area contributed by atoms with Crippen molar-refractivity contribution in [2.24, 2.45) is 0 Å². The first-order chi connectivity index (χ1) is 13.8. The lowest BCUT2D eigenvalue weighted by atomic mass is 10.2. The third-order valence-corrected chi connectivity index (χ3v) is 6.55. The Labute approximate surface area is 169 Å². The monoisotopic (exact) mass is 395 g/mol. The fourth-order valence-electron chi connectivity index (χ4n) is 4.06. The molecule has 1 atom stereocenters. The number of morpholine rings is 1. The summed E-state index contributed by atoms with van der Waals surface area (Å²) in [4.78, 5) is 14.0. The van der Waals surface area contributed by atoms with E-state index in [9.17, 15) is 0 Å². The Kier molecular flexibility index (Phi) is 5.12. The molecule has 7 heteroatoms. The van der Waals surface area contributed by atoms with Crippen LogP contribution in [0.25, 0.3) is 10.1 Å². The van der Waals surface area contributed by atoms with Gasteiger partial charge in [0, 0.05) is 49.7 Å². The van der Waals surface area contributed by atoms with Gasteiger partial charge in [-0.25, -0.2) is 4.98 Å². The summed E-state index contributed by atoms with van der Waals surface area (Å²) in [6, 6.07) is 11.1. The van der Waals surface area contributed by atoms with Gasteiger partial charge in [0.2, 0.25) is 5.95 Å². The second-order valence-corrected chi connectivity index (χ2v) is 8.37. The quantitative estimate of drug-likeness (QED) is 0.716. The van der Waals surface area contributed by atoms with Gasteiger partial charge in [-0.2, -0.15) is 4.98 Å². The van der Waals surface area contributed by atoms with E-state index in [0.29, 0.717) is 6.04 Å². The van der Waals surface area contributed by atoms with Gasteiger partial charge >= 0.3 is 0 Å². The summed E-state index contributed by atoms with van der Waals surface area (Å²) in [5.41, 5.74) is 1.44. The molecule has 0 aliphatic carbocycles. The molecule has 146 valence electrons. The smallest absolute Gasteiger partial charge is 0.224 e. The van der Waals surface area contributed by atoms with Gasteiger partial charge in [0.05, 0.1) is 13.2 Å². The van der Waals surface area contributed by atoms with Gasteiger partial charge in [0.15, 0.2) is 0 Å². The molecule has 0 radical (unpaired) electrons. The van der Waals surface area contributed by atoms with E-state index in [1.165, 1.54) is 15.6 Å². The highest BCUT2D eigenvalue weighted by Gasteiger charge is 2.24. The number of hydrogen-bond donors (Lipinski definition) is 1. The fraction of sp³-hybridized carbons (Fsp3) is 0.429. The number of likely N-dealkylation sites (tertiary alicyclic amines) is 1. The summed E-state index contributed by atoms with van der Waals surface area (Å²) >= 11 is 1.84. The van der Waals surface area contributed by atoms with E-state index >= 15 is 0 Å². The van der Waals surface area contributed by atoms with Gasteiger partial charge in [-0.15, -0.1) is 11.3 Å². The number of ether oxygens (including phenoxy) is 1. The van der Waals surface area contributed by atoms with Crippen molar-refractivity contribution < 1.29 is 4.74 Å². The van der Waals surface area contributed by atoms with Crippen LogP contribution in [0.3, 0.4) is 0 Å². The van der Waals surface area contributed by atoms with Gasteiger partial charge in [-0.05, 0) is 34.9 Å². The number of benzene rings is 1. The largest absolute Gasteiger partial charge is 0.378 e. The molecule has 5 rings (SSSR count). The third kappa shape index (κ3) is 3.83. The number of hydrogen-bond acceptors (Lipinski definition) is 7. The highest BCUT2D eigenvalue weighted by atomic mass is 32.1. The maximum absolute atomic E-state index is 5.44. The molecule has 28 heavy (non-hydrogen) atoms. The average molecular weight is 396 g/mol. The Bertz CT molecular complexity index is 939. The van der Waals surface area contributed by atoms with Crippen molar-refractivity contribution in [3.05, 3.63) is 47.5 Å². The Hall–Kier alpha value is -2.22. The topological polar surface area (TPSA) is 53.5 Å². The summed E-state index contributed by atoms with van der Waals surface area (Å²) in [5.74, 6) is 1.72. The van der Waals surface area contributed by atoms with Crippen molar-refractivity contribution in [2.75, 3.05) is 49.6 Å². The van der Waals surface area contributed by atoms with Crippen LogP contribution in [-0.4, -0.2) is 60.3 Å². The van der Waals surface area contributed by atoms with E-state index in [4.69, 9.17) is 9.72 Å². The van der Waals surface area contributed by atoms with E-state index in [1.807, 2.05) is 23.6 Å². The van der Waals surface area contributed by atoms with Gasteiger partial charge in [0.25, 0.3) is 0 Å². The third-order valence-electron chi connectivity index (χ3n) is 5.54. The molecule has 2 aliphatic rings. The van der Waals surface area contributed by atoms with Crippen molar-refractivity contribution in [1.29, 1.82) is 0 Å². The van der Waals surface area contributed by atoms with Crippen LogP contribution in [-0.2, 0) is 11.3 Å². The van der Waals surface area contributed by atoms with Crippen LogP contribution in [0.5, 0.6) is 0 Å². The highest BCUT2D eigenvalue weighted by molar-refractivity contribution is 7.17. The van der Waals surface area contributed by atoms with Crippen molar-refractivity contribution >= 4 is 33.2 Å². The van der Waals surface area contributed by atoms with E-state index in [1.54, 1.807) is 0 Å². The fourth-order valence-corrected chi connectivity index (χ4v) is 5.01. The molecule has 2 aliphatic heterocycles. The Morgan fingerprint density at radius 1 is 1.14 bits per heavy atom. The molecule has 0 saturated carbocycles.